The number of hydrogen-bond donors (Lipinski definition) is 1. The summed E-state index contributed by atoms with van der Waals surface area (Å²) in [7, 11) is 0. The third kappa shape index (κ3) is 2.85. The van der Waals surface area contributed by atoms with Crippen molar-refractivity contribution in [2.45, 2.75) is 40.3 Å². The van der Waals surface area contributed by atoms with Crippen LogP contribution in [0.25, 0.3) is 0 Å². The van der Waals surface area contributed by atoms with E-state index in [2.05, 4.69) is 42.5 Å². The molecular weight excluding hydrogens is 232 g/mol. The monoisotopic (exact) mass is 250 g/mol. The van der Waals surface area contributed by atoms with Gasteiger partial charge in [-0.25, -0.2) is 4.68 Å². The van der Waals surface area contributed by atoms with Crippen LogP contribution in [0.5, 0.6) is 0 Å². The van der Waals surface area contributed by atoms with Crippen LogP contribution in [0.3, 0.4) is 0 Å². The fourth-order valence-electron chi connectivity index (χ4n) is 1.69. The van der Waals surface area contributed by atoms with Crippen LogP contribution in [-0.2, 0) is 13.1 Å². The number of nitrogens with one attached hydrogen (secondary N) is 1. The molecule has 0 fully saturated rings. The molecule has 0 aliphatic carbocycles. The van der Waals surface area contributed by atoms with Gasteiger partial charge in [-0.05, 0) is 31.9 Å². The summed E-state index contributed by atoms with van der Waals surface area (Å²) in [5, 5.41) is 11.4. The highest BCUT2D eigenvalue weighted by molar-refractivity contribution is 7.12. The molecule has 5 heteroatoms. The Bertz CT molecular complexity index is 467. The second-order valence-electron chi connectivity index (χ2n) is 4.15. The van der Waals surface area contributed by atoms with Gasteiger partial charge in [0.25, 0.3) is 0 Å². The Morgan fingerprint density at radius 3 is 2.88 bits per heavy atom. The molecule has 17 heavy (non-hydrogen) atoms. The molecule has 4 nitrogen and oxygen atoms in total. The number of rotatable bonds is 5. The first-order chi connectivity index (χ1) is 8.20. The van der Waals surface area contributed by atoms with Gasteiger partial charge in [-0.1, -0.05) is 12.1 Å². The summed E-state index contributed by atoms with van der Waals surface area (Å²) in [6.45, 7) is 8.20. The Hall–Kier alpha value is -1.36. The normalized spacial score (nSPS) is 10.8. The summed E-state index contributed by atoms with van der Waals surface area (Å²) in [6, 6.07) is 2.24. The average molecular weight is 250 g/mol. The van der Waals surface area contributed by atoms with Crippen molar-refractivity contribution in [2.24, 2.45) is 0 Å². The predicted molar refractivity (Wildman–Crippen MR) is 71.4 cm³/mol. The molecule has 0 amide bonds. The van der Waals surface area contributed by atoms with E-state index in [4.69, 9.17) is 0 Å². The second-order valence-corrected chi connectivity index (χ2v) is 5.49. The highest BCUT2D eigenvalue weighted by Gasteiger charge is 2.04. The summed E-state index contributed by atoms with van der Waals surface area (Å²) in [5.74, 6) is 0.996. The molecule has 0 unspecified atom stereocenters. The largest absolute Gasteiger partial charge is 0.364 e. The van der Waals surface area contributed by atoms with Crippen LogP contribution in [0, 0.1) is 13.8 Å². The minimum absolute atomic E-state index is 0.844. The number of thiophene rings is 1. The Morgan fingerprint density at radius 2 is 2.24 bits per heavy atom. The van der Waals surface area contributed by atoms with Crippen LogP contribution in [0.15, 0.2) is 12.3 Å². The van der Waals surface area contributed by atoms with E-state index in [0.29, 0.717) is 0 Å². The van der Waals surface area contributed by atoms with Crippen molar-refractivity contribution in [3.8, 4) is 0 Å². The zero-order valence-electron chi connectivity index (χ0n) is 10.5. The molecule has 1 N–H and O–H groups in total. The molecule has 92 valence electrons. The van der Waals surface area contributed by atoms with Crippen LogP contribution in [0.2, 0.25) is 0 Å². The highest BCUT2D eigenvalue weighted by Crippen LogP contribution is 2.21. The van der Waals surface area contributed by atoms with Gasteiger partial charge < -0.3 is 5.32 Å². The van der Waals surface area contributed by atoms with Crippen LogP contribution < -0.4 is 5.32 Å². The zero-order valence-corrected chi connectivity index (χ0v) is 11.3. The molecule has 0 saturated heterocycles. The summed E-state index contributed by atoms with van der Waals surface area (Å²) in [5.41, 5.74) is 1.37. The van der Waals surface area contributed by atoms with Gasteiger partial charge in [-0.3, -0.25) is 0 Å². The lowest BCUT2D eigenvalue weighted by atomic mass is 10.3. The Morgan fingerprint density at radius 1 is 1.41 bits per heavy atom. The van der Waals surface area contributed by atoms with Crippen molar-refractivity contribution >= 4 is 17.2 Å². The minimum Gasteiger partial charge on any atom is -0.364 e. The molecular formula is C12H18N4S. The number of anilines is 1. The van der Waals surface area contributed by atoms with E-state index in [1.165, 1.54) is 15.3 Å². The van der Waals surface area contributed by atoms with Crippen molar-refractivity contribution < 1.29 is 0 Å². The first-order valence-corrected chi connectivity index (χ1v) is 6.70. The number of nitrogens with zero attached hydrogens (tertiary/aromatic N) is 3. The molecule has 0 aromatic carbocycles. The second kappa shape index (κ2) is 5.31. The van der Waals surface area contributed by atoms with Crippen LogP contribution >= 0.6 is 11.3 Å². The molecule has 0 atom stereocenters. The van der Waals surface area contributed by atoms with Crippen molar-refractivity contribution in [1.29, 1.82) is 0 Å². The number of aromatic nitrogens is 3. The maximum absolute atomic E-state index is 4.05. The Balaban J connectivity index is 1.99. The minimum atomic E-state index is 0.844. The molecule has 2 aromatic rings. The maximum Gasteiger partial charge on any atom is 0.145 e. The smallest absolute Gasteiger partial charge is 0.145 e. The van der Waals surface area contributed by atoms with Gasteiger partial charge in [-0.15, -0.1) is 16.4 Å². The number of aryl methyl sites for hydroxylation is 3. The summed E-state index contributed by atoms with van der Waals surface area (Å²) in [6.07, 6.45) is 2.85. The molecule has 2 heterocycles. The van der Waals surface area contributed by atoms with Crippen molar-refractivity contribution in [1.82, 2.24) is 15.0 Å². The van der Waals surface area contributed by atoms with E-state index >= 15 is 0 Å². The van der Waals surface area contributed by atoms with Crippen molar-refractivity contribution in [2.75, 3.05) is 5.32 Å². The number of hydrogen-bond acceptors (Lipinski definition) is 4. The van der Waals surface area contributed by atoms with Gasteiger partial charge in [0.05, 0.1) is 12.7 Å². The highest BCUT2D eigenvalue weighted by atomic mass is 32.1. The lowest BCUT2D eigenvalue weighted by Crippen LogP contribution is -2.07. The van der Waals surface area contributed by atoms with Gasteiger partial charge in [0.2, 0.25) is 0 Å². The van der Waals surface area contributed by atoms with Gasteiger partial charge in [0.1, 0.15) is 5.82 Å². The molecule has 0 saturated carbocycles. The summed E-state index contributed by atoms with van der Waals surface area (Å²) >= 11 is 1.84. The van der Waals surface area contributed by atoms with Crippen LogP contribution in [0.4, 0.5) is 5.82 Å². The first kappa shape index (κ1) is 12.1. The topological polar surface area (TPSA) is 42.7 Å². The quantitative estimate of drug-likeness (QED) is 0.887. The SMILES string of the molecule is CCCn1nncc1NCc1cc(C)c(C)s1. The van der Waals surface area contributed by atoms with E-state index in [0.717, 1.165) is 25.3 Å². The first-order valence-electron chi connectivity index (χ1n) is 5.89. The summed E-state index contributed by atoms with van der Waals surface area (Å²) in [4.78, 5) is 2.74. The van der Waals surface area contributed by atoms with Crippen LogP contribution in [-0.4, -0.2) is 15.0 Å². The van der Waals surface area contributed by atoms with Gasteiger partial charge >= 0.3 is 0 Å². The Kier molecular flexibility index (Phi) is 3.78. The van der Waals surface area contributed by atoms with E-state index in [1.54, 1.807) is 6.20 Å². The molecule has 0 bridgehead atoms. The zero-order chi connectivity index (χ0) is 12.3. The van der Waals surface area contributed by atoms with E-state index in [9.17, 15) is 0 Å². The van der Waals surface area contributed by atoms with E-state index in [-0.39, 0.29) is 0 Å². The van der Waals surface area contributed by atoms with Gasteiger partial charge in [0.15, 0.2) is 0 Å². The third-order valence-corrected chi connectivity index (χ3v) is 3.87. The fourth-order valence-corrected chi connectivity index (χ4v) is 2.68. The lowest BCUT2D eigenvalue weighted by Gasteiger charge is -2.06. The van der Waals surface area contributed by atoms with Crippen LogP contribution in [0.1, 0.15) is 28.7 Å². The molecule has 0 aliphatic rings. The van der Waals surface area contributed by atoms with Gasteiger partial charge in [-0.2, -0.15) is 0 Å². The predicted octanol–water partition coefficient (Wildman–Crippen LogP) is 2.98. The molecule has 2 aromatic heterocycles. The average Bonchev–Trinajstić information content (AvgIpc) is 2.85. The lowest BCUT2D eigenvalue weighted by molar-refractivity contribution is 0.583. The summed E-state index contributed by atoms with van der Waals surface area (Å²) < 4.78 is 1.91. The van der Waals surface area contributed by atoms with Crippen molar-refractivity contribution in [3.63, 3.8) is 0 Å². The van der Waals surface area contributed by atoms with E-state index in [1.807, 2.05) is 16.0 Å². The molecule has 0 aliphatic heterocycles. The standard InChI is InChI=1S/C12H18N4S/c1-4-5-16-12(8-14-15-16)13-7-11-6-9(2)10(3)17-11/h6,8,13H,4-5,7H2,1-3H3. The van der Waals surface area contributed by atoms with E-state index < -0.39 is 0 Å². The molecule has 0 radical (unpaired) electrons. The maximum atomic E-state index is 4.05. The third-order valence-electron chi connectivity index (χ3n) is 2.71. The van der Waals surface area contributed by atoms with Crippen molar-refractivity contribution in [3.05, 3.63) is 27.6 Å². The molecule has 0 spiro atoms. The molecule has 2 rings (SSSR count). The Labute approximate surface area is 106 Å². The van der Waals surface area contributed by atoms with Gasteiger partial charge in [0, 0.05) is 16.3 Å². The fraction of sp³-hybridized carbons (Fsp3) is 0.500.